The molecule has 0 aliphatic heterocycles. The van der Waals surface area contributed by atoms with Gasteiger partial charge in [-0.25, -0.2) is 4.39 Å². The van der Waals surface area contributed by atoms with Crippen molar-refractivity contribution < 1.29 is 14.3 Å². The van der Waals surface area contributed by atoms with E-state index < -0.39 is 11.7 Å². The monoisotopic (exact) mass is 254 g/mol. The average molecular weight is 254 g/mol. The van der Waals surface area contributed by atoms with E-state index in [2.05, 4.69) is 0 Å². The Hall–Kier alpha value is -1.62. The van der Waals surface area contributed by atoms with Crippen LogP contribution >= 0.6 is 0 Å². The summed E-state index contributed by atoms with van der Waals surface area (Å²) in [5.41, 5.74) is 5.63. The van der Waals surface area contributed by atoms with Gasteiger partial charge in [0, 0.05) is 12.1 Å². The van der Waals surface area contributed by atoms with Crippen molar-refractivity contribution in [2.45, 2.75) is 26.3 Å². The van der Waals surface area contributed by atoms with Gasteiger partial charge in [0.25, 0.3) is 0 Å². The van der Waals surface area contributed by atoms with Crippen LogP contribution in [0.1, 0.15) is 25.3 Å². The highest BCUT2D eigenvalue weighted by atomic mass is 19.1. The third-order valence-corrected chi connectivity index (χ3v) is 2.64. The molecule has 0 radical (unpaired) electrons. The number of amides is 1. The van der Waals surface area contributed by atoms with Crippen LogP contribution in [-0.2, 0) is 11.3 Å². The maximum absolute atomic E-state index is 13.1. The number of phenols is 1. The number of carbonyl (C=O) groups excluding carboxylic acids is 1. The number of nitrogens with two attached hydrogens (primary N) is 1. The summed E-state index contributed by atoms with van der Waals surface area (Å²) in [6, 6.07) is 3.78. The topological polar surface area (TPSA) is 66.6 Å². The molecule has 0 spiro atoms. The number of hydrogen-bond acceptors (Lipinski definition) is 3. The number of phenolic OH excluding ortho intramolecular Hbond substituents is 1. The van der Waals surface area contributed by atoms with E-state index in [0.717, 1.165) is 12.8 Å². The Kier molecular flexibility index (Phi) is 5.58. The van der Waals surface area contributed by atoms with Gasteiger partial charge in [-0.05, 0) is 31.2 Å². The van der Waals surface area contributed by atoms with E-state index >= 15 is 0 Å². The first-order valence-electron chi connectivity index (χ1n) is 6.01. The Bertz CT molecular complexity index is 410. The normalized spacial score (nSPS) is 10.8. The van der Waals surface area contributed by atoms with Crippen LogP contribution < -0.4 is 5.73 Å². The van der Waals surface area contributed by atoms with E-state index in [0.29, 0.717) is 18.7 Å². The van der Waals surface area contributed by atoms with Crippen LogP contribution in [-0.4, -0.2) is 29.0 Å². The molecular weight excluding hydrogens is 235 g/mol. The molecule has 0 aromatic heterocycles. The van der Waals surface area contributed by atoms with Crippen molar-refractivity contribution in [1.82, 2.24) is 4.90 Å². The second-order valence-electron chi connectivity index (χ2n) is 4.30. The molecule has 1 aromatic rings. The molecule has 0 heterocycles. The van der Waals surface area contributed by atoms with E-state index in [9.17, 15) is 14.3 Å². The molecule has 18 heavy (non-hydrogen) atoms. The minimum absolute atomic E-state index is 0.0300. The molecule has 3 N–H and O–H groups in total. The Morgan fingerprint density at radius 2 is 2.22 bits per heavy atom. The van der Waals surface area contributed by atoms with Gasteiger partial charge in [-0.15, -0.1) is 0 Å². The number of unbranched alkanes of at least 4 members (excludes halogenated alkanes) is 1. The van der Waals surface area contributed by atoms with Gasteiger partial charge in [0.05, 0.1) is 6.54 Å². The van der Waals surface area contributed by atoms with Gasteiger partial charge >= 0.3 is 0 Å². The summed E-state index contributed by atoms with van der Waals surface area (Å²) in [5.74, 6) is -0.804. The minimum Gasteiger partial charge on any atom is -0.508 e. The summed E-state index contributed by atoms with van der Waals surface area (Å²) >= 11 is 0. The molecule has 4 nitrogen and oxygen atoms in total. The van der Waals surface area contributed by atoms with Crippen LogP contribution in [0.3, 0.4) is 0 Å². The zero-order valence-corrected chi connectivity index (χ0v) is 10.5. The number of benzene rings is 1. The summed E-state index contributed by atoms with van der Waals surface area (Å²) < 4.78 is 13.1. The van der Waals surface area contributed by atoms with Crippen LogP contribution in [0.4, 0.5) is 4.39 Å². The molecule has 1 aromatic carbocycles. The lowest BCUT2D eigenvalue weighted by Gasteiger charge is -2.21. The average Bonchev–Trinajstić information content (AvgIpc) is 2.30. The van der Waals surface area contributed by atoms with Gasteiger partial charge in [-0.2, -0.15) is 0 Å². The molecule has 1 amide bonds. The minimum atomic E-state index is -0.429. The quantitative estimate of drug-likeness (QED) is 0.777. The first-order chi connectivity index (χ1) is 8.52. The highest BCUT2D eigenvalue weighted by Crippen LogP contribution is 2.19. The number of halogens is 1. The molecule has 0 aliphatic carbocycles. The van der Waals surface area contributed by atoms with Crippen LogP contribution in [0, 0.1) is 5.82 Å². The molecule has 0 fully saturated rings. The van der Waals surface area contributed by atoms with E-state index in [4.69, 9.17) is 5.73 Å². The van der Waals surface area contributed by atoms with E-state index in [1.807, 2.05) is 6.92 Å². The van der Waals surface area contributed by atoms with Crippen molar-refractivity contribution in [2.24, 2.45) is 5.73 Å². The summed E-state index contributed by atoms with van der Waals surface area (Å²) in [7, 11) is 0. The summed E-state index contributed by atoms with van der Waals surface area (Å²) in [6.07, 6.45) is 1.91. The lowest BCUT2D eigenvalue weighted by Crippen LogP contribution is -2.34. The molecular formula is C13H19FN2O2. The summed E-state index contributed by atoms with van der Waals surface area (Å²) in [4.78, 5) is 12.8. The SMILES string of the molecule is CCCCN(CC(N)=O)Cc1cc(F)ccc1O. The lowest BCUT2D eigenvalue weighted by molar-refractivity contribution is -0.119. The van der Waals surface area contributed by atoms with Gasteiger partial charge in [0.1, 0.15) is 11.6 Å². The zero-order chi connectivity index (χ0) is 13.5. The molecule has 0 saturated carbocycles. The molecule has 0 saturated heterocycles. The second-order valence-corrected chi connectivity index (χ2v) is 4.30. The lowest BCUT2D eigenvalue weighted by atomic mass is 10.1. The third kappa shape index (κ3) is 4.71. The number of carbonyl (C=O) groups is 1. The summed E-state index contributed by atoms with van der Waals surface area (Å²) in [5, 5.41) is 9.63. The van der Waals surface area contributed by atoms with Gasteiger partial charge in [-0.1, -0.05) is 13.3 Å². The van der Waals surface area contributed by atoms with Crippen molar-refractivity contribution >= 4 is 5.91 Å². The maximum atomic E-state index is 13.1. The zero-order valence-electron chi connectivity index (χ0n) is 10.5. The van der Waals surface area contributed by atoms with Gasteiger partial charge in [-0.3, -0.25) is 9.69 Å². The number of primary amides is 1. The van der Waals surface area contributed by atoms with Gasteiger partial charge < -0.3 is 10.8 Å². The molecule has 0 atom stereocenters. The van der Waals surface area contributed by atoms with Crippen LogP contribution in [0.5, 0.6) is 5.75 Å². The second kappa shape index (κ2) is 6.96. The summed E-state index contributed by atoms with van der Waals surface area (Å²) in [6.45, 7) is 3.15. The highest BCUT2D eigenvalue weighted by molar-refractivity contribution is 5.75. The largest absolute Gasteiger partial charge is 0.508 e. The Labute approximate surface area is 106 Å². The Morgan fingerprint density at radius 3 is 2.83 bits per heavy atom. The molecule has 100 valence electrons. The predicted molar refractivity (Wildman–Crippen MR) is 67.4 cm³/mol. The fourth-order valence-corrected chi connectivity index (χ4v) is 1.74. The molecule has 0 bridgehead atoms. The number of nitrogens with zero attached hydrogens (tertiary/aromatic N) is 1. The standard InChI is InChI=1S/C13H19FN2O2/c1-2-3-6-16(9-13(15)18)8-10-7-11(14)4-5-12(10)17/h4-5,7,17H,2-3,6,8-9H2,1H3,(H2,15,18). The molecule has 0 unspecified atom stereocenters. The number of rotatable bonds is 7. The van der Waals surface area contributed by atoms with Crippen molar-refractivity contribution in [3.05, 3.63) is 29.6 Å². The third-order valence-electron chi connectivity index (χ3n) is 2.64. The van der Waals surface area contributed by atoms with Gasteiger partial charge in [0.15, 0.2) is 0 Å². The highest BCUT2D eigenvalue weighted by Gasteiger charge is 2.11. The van der Waals surface area contributed by atoms with Crippen LogP contribution in [0.15, 0.2) is 18.2 Å². The maximum Gasteiger partial charge on any atom is 0.231 e. The first kappa shape index (κ1) is 14.4. The van der Waals surface area contributed by atoms with E-state index in [-0.39, 0.29) is 12.3 Å². The fourth-order valence-electron chi connectivity index (χ4n) is 1.74. The number of hydrogen-bond donors (Lipinski definition) is 2. The Morgan fingerprint density at radius 1 is 1.50 bits per heavy atom. The van der Waals surface area contributed by atoms with Crippen molar-refractivity contribution in [1.29, 1.82) is 0 Å². The number of aromatic hydroxyl groups is 1. The van der Waals surface area contributed by atoms with E-state index in [1.54, 1.807) is 4.90 Å². The van der Waals surface area contributed by atoms with Crippen molar-refractivity contribution in [2.75, 3.05) is 13.1 Å². The van der Waals surface area contributed by atoms with Crippen molar-refractivity contribution in [3.63, 3.8) is 0 Å². The fraction of sp³-hybridized carbons (Fsp3) is 0.462. The van der Waals surface area contributed by atoms with E-state index in [1.165, 1.54) is 18.2 Å². The Balaban J connectivity index is 2.74. The molecule has 0 aliphatic rings. The van der Waals surface area contributed by atoms with Crippen LogP contribution in [0.25, 0.3) is 0 Å². The molecule has 5 heteroatoms. The van der Waals surface area contributed by atoms with Gasteiger partial charge in [0.2, 0.25) is 5.91 Å². The van der Waals surface area contributed by atoms with Crippen LogP contribution in [0.2, 0.25) is 0 Å². The first-order valence-corrected chi connectivity index (χ1v) is 6.01. The molecule has 1 rings (SSSR count). The smallest absolute Gasteiger partial charge is 0.231 e. The van der Waals surface area contributed by atoms with Crippen molar-refractivity contribution in [3.8, 4) is 5.75 Å². The predicted octanol–water partition coefficient (Wildman–Crippen LogP) is 1.62.